The molecule has 1 fully saturated rings. The molecule has 84 valence electrons. The molecule has 0 aromatic heterocycles. The Balaban J connectivity index is 2.15. The topological polar surface area (TPSA) is 43.7 Å². The molecule has 3 nitrogen and oxygen atoms in total. The van der Waals surface area contributed by atoms with Crippen LogP contribution in [0.25, 0.3) is 0 Å². The van der Waals surface area contributed by atoms with Crippen LogP contribution in [0, 0.1) is 0 Å². The first-order chi connectivity index (χ1) is 6.38. The molecule has 0 unspecified atom stereocenters. The Morgan fingerprint density at radius 1 is 1.21 bits per heavy atom. The lowest BCUT2D eigenvalue weighted by Gasteiger charge is -2.14. The summed E-state index contributed by atoms with van der Waals surface area (Å²) >= 11 is -0.0821. The molecule has 0 aromatic carbocycles. The van der Waals surface area contributed by atoms with Crippen molar-refractivity contribution in [2.24, 2.45) is 0 Å². The standard InChI is InChI=1S/C7H12F3NO2S/c8-7(9,10)14-2-1-11-3-5(12)6(13)4-11/h5-6,12-13H,1-4H2/t5-,6+. The predicted octanol–water partition coefficient (Wildman–Crippen LogP) is 0.277. The van der Waals surface area contributed by atoms with Crippen LogP contribution in [0.1, 0.15) is 0 Å². The maximum atomic E-state index is 11.7. The number of hydrogen-bond donors (Lipinski definition) is 2. The summed E-state index contributed by atoms with van der Waals surface area (Å²) in [5.74, 6) is -0.0665. The van der Waals surface area contributed by atoms with E-state index in [2.05, 4.69) is 0 Å². The van der Waals surface area contributed by atoms with E-state index in [1.165, 1.54) is 0 Å². The molecular weight excluding hydrogens is 219 g/mol. The summed E-state index contributed by atoms with van der Waals surface area (Å²) in [6, 6.07) is 0. The van der Waals surface area contributed by atoms with Crippen LogP contribution in [0.5, 0.6) is 0 Å². The number of aliphatic hydroxyl groups is 2. The number of alkyl halides is 3. The van der Waals surface area contributed by atoms with E-state index in [1.807, 2.05) is 0 Å². The first-order valence-corrected chi connectivity index (χ1v) is 5.16. The second-order valence-corrected chi connectivity index (χ2v) is 4.35. The third-order valence-corrected chi connectivity index (χ3v) is 2.72. The molecular formula is C7H12F3NO2S. The van der Waals surface area contributed by atoms with E-state index >= 15 is 0 Å². The van der Waals surface area contributed by atoms with Gasteiger partial charge in [0, 0.05) is 25.4 Å². The molecule has 0 radical (unpaired) electrons. The molecule has 7 heteroatoms. The van der Waals surface area contributed by atoms with Crippen LogP contribution in [-0.4, -0.2) is 58.2 Å². The van der Waals surface area contributed by atoms with Gasteiger partial charge in [-0.15, -0.1) is 0 Å². The zero-order valence-electron chi connectivity index (χ0n) is 7.37. The average molecular weight is 231 g/mol. The Morgan fingerprint density at radius 2 is 1.71 bits per heavy atom. The van der Waals surface area contributed by atoms with Gasteiger partial charge in [0.05, 0.1) is 12.2 Å². The minimum atomic E-state index is -4.20. The smallest absolute Gasteiger partial charge is 0.389 e. The normalized spacial score (nSPS) is 29.8. The van der Waals surface area contributed by atoms with Crippen molar-refractivity contribution in [2.75, 3.05) is 25.4 Å². The van der Waals surface area contributed by atoms with Crippen LogP contribution < -0.4 is 0 Å². The maximum absolute atomic E-state index is 11.7. The number of rotatable bonds is 3. The largest absolute Gasteiger partial charge is 0.441 e. The Hall–Kier alpha value is 0.0200. The molecule has 0 amide bonds. The van der Waals surface area contributed by atoms with Crippen molar-refractivity contribution >= 4 is 11.8 Å². The number of hydrogen-bond acceptors (Lipinski definition) is 4. The molecule has 0 bridgehead atoms. The van der Waals surface area contributed by atoms with Crippen LogP contribution in [0.2, 0.25) is 0 Å². The number of nitrogens with zero attached hydrogens (tertiary/aromatic N) is 1. The number of aliphatic hydroxyl groups excluding tert-OH is 2. The zero-order chi connectivity index (χ0) is 10.8. The highest BCUT2D eigenvalue weighted by atomic mass is 32.2. The molecule has 0 aromatic rings. The van der Waals surface area contributed by atoms with Gasteiger partial charge < -0.3 is 10.2 Å². The number of thioether (sulfide) groups is 1. The molecule has 1 heterocycles. The van der Waals surface area contributed by atoms with Gasteiger partial charge >= 0.3 is 5.51 Å². The SMILES string of the molecule is O[C@@H]1CN(CCSC(F)(F)F)C[C@@H]1O. The summed E-state index contributed by atoms with van der Waals surface area (Å²) in [7, 11) is 0. The molecule has 1 rings (SSSR count). The average Bonchev–Trinajstić information content (AvgIpc) is 2.28. The van der Waals surface area contributed by atoms with E-state index in [-0.39, 0.29) is 37.1 Å². The predicted molar refractivity (Wildman–Crippen MR) is 47.0 cm³/mol. The Labute approximate surface area is 83.9 Å². The first kappa shape index (κ1) is 12.1. The lowest BCUT2D eigenvalue weighted by Crippen LogP contribution is -2.25. The fraction of sp³-hybridized carbons (Fsp3) is 1.00. The molecule has 0 spiro atoms. The van der Waals surface area contributed by atoms with E-state index < -0.39 is 17.7 Å². The molecule has 1 aliphatic heterocycles. The second-order valence-electron chi connectivity index (χ2n) is 3.19. The number of halogens is 3. The minimum absolute atomic E-state index is 0.0665. The maximum Gasteiger partial charge on any atom is 0.441 e. The molecule has 2 N–H and O–H groups in total. The van der Waals surface area contributed by atoms with Crippen LogP contribution >= 0.6 is 11.8 Å². The van der Waals surface area contributed by atoms with Gasteiger partial charge in [0.15, 0.2) is 0 Å². The van der Waals surface area contributed by atoms with E-state index in [4.69, 9.17) is 10.2 Å². The highest BCUT2D eigenvalue weighted by Gasteiger charge is 2.31. The Bertz CT molecular complexity index is 180. The minimum Gasteiger partial charge on any atom is -0.389 e. The quantitative estimate of drug-likeness (QED) is 0.732. The van der Waals surface area contributed by atoms with Gasteiger partial charge in [-0.25, -0.2) is 0 Å². The van der Waals surface area contributed by atoms with E-state index in [9.17, 15) is 13.2 Å². The summed E-state index contributed by atoms with van der Waals surface area (Å²) in [6.45, 7) is 0.734. The van der Waals surface area contributed by atoms with Gasteiger partial charge in [-0.2, -0.15) is 13.2 Å². The van der Waals surface area contributed by atoms with Crippen LogP contribution in [-0.2, 0) is 0 Å². The molecule has 2 atom stereocenters. The first-order valence-electron chi connectivity index (χ1n) is 4.17. The third kappa shape index (κ3) is 4.04. The molecule has 0 saturated carbocycles. The number of β-amino-alcohol motifs (C(OH)–C–C–N with tert-alkyl or cyclic N) is 2. The molecule has 1 aliphatic rings. The van der Waals surface area contributed by atoms with E-state index in [0.29, 0.717) is 0 Å². The highest BCUT2D eigenvalue weighted by Crippen LogP contribution is 2.30. The number of likely N-dealkylation sites (tertiary alicyclic amines) is 1. The Morgan fingerprint density at radius 3 is 2.14 bits per heavy atom. The molecule has 1 saturated heterocycles. The summed E-state index contributed by atoms with van der Waals surface area (Å²) in [5.41, 5.74) is -4.20. The summed E-state index contributed by atoms with van der Waals surface area (Å²) in [5, 5.41) is 18.2. The van der Waals surface area contributed by atoms with Gasteiger partial charge in [0.1, 0.15) is 0 Å². The van der Waals surface area contributed by atoms with Crippen molar-refractivity contribution in [1.29, 1.82) is 0 Å². The summed E-state index contributed by atoms with van der Waals surface area (Å²) in [6.07, 6.45) is -1.66. The van der Waals surface area contributed by atoms with Gasteiger partial charge in [0.2, 0.25) is 0 Å². The summed E-state index contributed by atoms with van der Waals surface area (Å²) < 4.78 is 35.2. The van der Waals surface area contributed by atoms with Gasteiger partial charge in [-0.3, -0.25) is 4.90 Å². The van der Waals surface area contributed by atoms with Crippen molar-refractivity contribution in [3.8, 4) is 0 Å². The van der Waals surface area contributed by atoms with E-state index in [0.717, 1.165) is 0 Å². The van der Waals surface area contributed by atoms with Crippen molar-refractivity contribution in [2.45, 2.75) is 17.7 Å². The third-order valence-electron chi connectivity index (χ3n) is 2.01. The summed E-state index contributed by atoms with van der Waals surface area (Å²) in [4.78, 5) is 1.62. The lowest BCUT2D eigenvalue weighted by atomic mass is 10.3. The van der Waals surface area contributed by atoms with Crippen molar-refractivity contribution in [1.82, 2.24) is 4.90 Å². The van der Waals surface area contributed by atoms with Crippen molar-refractivity contribution < 1.29 is 23.4 Å². The van der Waals surface area contributed by atoms with E-state index in [1.54, 1.807) is 4.90 Å². The fourth-order valence-corrected chi connectivity index (χ4v) is 1.90. The van der Waals surface area contributed by atoms with Crippen LogP contribution in [0.3, 0.4) is 0 Å². The highest BCUT2D eigenvalue weighted by molar-refractivity contribution is 8.00. The monoisotopic (exact) mass is 231 g/mol. The lowest BCUT2D eigenvalue weighted by molar-refractivity contribution is -0.0328. The zero-order valence-corrected chi connectivity index (χ0v) is 8.18. The fourth-order valence-electron chi connectivity index (χ4n) is 1.32. The van der Waals surface area contributed by atoms with Crippen LogP contribution in [0.4, 0.5) is 13.2 Å². The Kier molecular flexibility index (Phi) is 4.05. The van der Waals surface area contributed by atoms with Crippen molar-refractivity contribution in [3.05, 3.63) is 0 Å². The van der Waals surface area contributed by atoms with Crippen LogP contribution in [0.15, 0.2) is 0 Å². The molecule has 14 heavy (non-hydrogen) atoms. The van der Waals surface area contributed by atoms with Gasteiger partial charge in [0.25, 0.3) is 0 Å². The molecule has 0 aliphatic carbocycles. The van der Waals surface area contributed by atoms with Gasteiger partial charge in [-0.1, -0.05) is 0 Å². The second kappa shape index (κ2) is 4.69. The van der Waals surface area contributed by atoms with Gasteiger partial charge in [-0.05, 0) is 11.8 Å². The van der Waals surface area contributed by atoms with Crippen molar-refractivity contribution in [3.63, 3.8) is 0 Å².